The van der Waals surface area contributed by atoms with Crippen LogP contribution in [0.25, 0.3) is 11.4 Å². The number of hydrogen-bond donors (Lipinski definition) is 1. The van der Waals surface area contributed by atoms with Gasteiger partial charge in [-0.1, -0.05) is 29.4 Å². The van der Waals surface area contributed by atoms with Gasteiger partial charge in [0.05, 0.1) is 18.4 Å². The lowest BCUT2D eigenvalue weighted by Gasteiger charge is -2.08. The van der Waals surface area contributed by atoms with Crippen molar-refractivity contribution in [1.82, 2.24) is 14.8 Å². The number of nitrogens with zero attached hydrogens (tertiary/aromatic N) is 3. The number of thioether (sulfide) groups is 1. The molecule has 0 aliphatic heterocycles. The molecule has 1 aromatic heterocycles. The number of methoxy groups -OCH3 is 1. The normalized spacial score (nSPS) is 10.6. The predicted octanol–water partition coefficient (Wildman–Crippen LogP) is 4.14. The number of nitrogens with one attached hydrogen (secondary N) is 1. The van der Waals surface area contributed by atoms with Gasteiger partial charge >= 0.3 is 5.97 Å². The van der Waals surface area contributed by atoms with Gasteiger partial charge in [-0.15, -0.1) is 10.2 Å². The molecule has 0 fully saturated rings. The number of rotatable bonds is 7. The maximum absolute atomic E-state index is 12.3. The molecular weight excluding hydrogens is 412 g/mol. The fraction of sp³-hybridized carbons (Fsp3) is 0.200. The van der Waals surface area contributed by atoms with Gasteiger partial charge in [0.1, 0.15) is 0 Å². The first kappa shape index (κ1) is 20.9. The summed E-state index contributed by atoms with van der Waals surface area (Å²) >= 11 is 7.24. The number of hydrogen-bond acceptors (Lipinski definition) is 6. The zero-order valence-electron chi connectivity index (χ0n) is 15.9. The van der Waals surface area contributed by atoms with E-state index >= 15 is 0 Å². The zero-order chi connectivity index (χ0) is 20.8. The third-order valence-electron chi connectivity index (χ3n) is 4.04. The van der Waals surface area contributed by atoms with Crippen LogP contribution < -0.4 is 5.32 Å². The molecule has 0 saturated heterocycles. The summed E-state index contributed by atoms with van der Waals surface area (Å²) in [5, 5.41) is 12.5. The average molecular weight is 431 g/mol. The number of carbonyl (C=O) groups excluding carboxylic acids is 2. The second-order valence-electron chi connectivity index (χ2n) is 5.97. The molecular formula is C20H19ClN4O3S. The SMILES string of the molecule is CCn1c(SCC(=O)Nc2cccc(C(=O)OC)c2)nnc1-c1ccc(Cl)cc1. The zero-order valence-corrected chi connectivity index (χ0v) is 17.5. The van der Waals surface area contributed by atoms with Gasteiger partial charge in [0, 0.05) is 22.8 Å². The molecule has 0 saturated carbocycles. The number of aromatic nitrogens is 3. The van der Waals surface area contributed by atoms with E-state index in [1.807, 2.05) is 23.6 Å². The van der Waals surface area contributed by atoms with Crippen molar-refractivity contribution in [1.29, 1.82) is 0 Å². The van der Waals surface area contributed by atoms with Gasteiger partial charge in [0.2, 0.25) is 5.91 Å². The standard InChI is InChI=1S/C20H19ClN4O3S/c1-3-25-18(13-7-9-15(21)10-8-13)23-24-20(25)29-12-17(26)22-16-6-4-5-14(11-16)19(27)28-2/h4-11H,3,12H2,1-2H3,(H,22,26). The van der Waals surface area contributed by atoms with Gasteiger partial charge in [0.25, 0.3) is 0 Å². The van der Waals surface area contributed by atoms with Crippen LogP contribution in [0.15, 0.2) is 53.7 Å². The van der Waals surface area contributed by atoms with Crippen LogP contribution >= 0.6 is 23.4 Å². The van der Waals surface area contributed by atoms with Crippen LogP contribution in [0.5, 0.6) is 0 Å². The molecule has 0 unspecified atom stereocenters. The second kappa shape index (κ2) is 9.58. The van der Waals surface area contributed by atoms with Gasteiger partial charge in [0.15, 0.2) is 11.0 Å². The van der Waals surface area contributed by atoms with Crippen LogP contribution in [-0.4, -0.2) is 39.5 Å². The summed E-state index contributed by atoms with van der Waals surface area (Å²) in [4.78, 5) is 23.9. The Labute approximate surface area is 177 Å². The summed E-state index contributed by atoms with van der Waals surface area (Å²) in [6.07, 6.45) is 0. The highest BCUT2D eigenvalue weighted by Crippen LogP contribution is 2.25. The number of esters is 1. The van der Waals surface area contributed by atoms with E-state index in [-0.39, 0.29) is 11.7 Å². The predicted molar refractivity (Wildman–Crippen MR) is 113 cm³/mol. The summed E-state index contributed by atoms with van der Waals surface area (Å²) in [5.41, 5.74) is 1.80. The van der Waals surface area contributed by atoms with Crippen LogP contribution in [0, 0.1) is 0 Å². The lowest BCUT2D eigenvalue weighted by atomic mass is 10.2. The van der Waals surface area contributed by atoms with Crippen LogP contribution in [0.2, 0.25) is 5.02 Å². The number of halogens is 1. The van der Waals surface area contributed by atoms with E-state index in [0.717, 1.165) is 11.4 Å². The molecule has 7 nitrogen and oxygen atoms in total. The average Bonchev–Trinajstić information content (AvgIpc) is 3.15. The van der Waals surface area contributed by atoms with E-state index in [1.165, 1.54) is 18.9 Å². The summed E-state index contributed by atoms with van der Waals surface area (Å²) in [5.74, 6) is 0.205. The van der Waals surface area contributed by atoms with Crippen LogP contribution in [0.3, 0.4) is 0 Å². The van der Waals surface area contributed by atoms with Crippen molar-refractivity contribution in [2.75, 3.05) is 18.2 Å². The molecule has 9 heteroatoms. The molecule has 150 valence electrons. The van der Waals surface area contributed by atoms with E-state index in [9.17, 15) is 9.59 Å². The van der Waals surface area contributed by atoms with Crippen molar-refractivity contribution in [2.24, 2.45) is 0 Å². The molecule has 0 aliphatic carbocycles. The largest absolute Gasteiger partial charge is 0.465 e. The topological polar surface area (TPSA) is 86.1 Å². The Kier molecular flexibility index (Phi) is 6.90. The first-order valence-electron chi connectivity index (χ1n) is 8.82. The lowest BCUT2D eigenvalue weighted by Crippen LogP contribution is -2.15. The molecule has 1 amide bonds. The minimum atomic E-state index is -0.457. The molecule has 2 aromatic carbocycles. The molecule has 0 atom stereocenters. The summed E-state index contributed by atoms with van der Waals surface area (Å²) in [7, 11) is 1.31. The van der Waals surface area contributed by atoms with E-state index in [1.54, 1.807) is 36.4 Å². The van der Waals surface area contributed by atoms with Gasteiger partial charge < -0.3 is 14.6 Å². The number of carbonyl (C=O) groups is 2. The Morgan fingerprint density at radius 2 is 1.93 bits per heavy atom. The Morgan fingerprint density at radius 3 is 2.62 bits per heavy atom. The van der Waals surface area contributed by atoms with E-state index in [2.05, 4.69) is 15.5 Å². The Bertz CT molecular complexity index is 1020. The third kappa shape index (κ3) is 5.16. The highest BCUT2D eigenvalue weighted by Gasteiger charge is 2.15. The highest BCUT2D eigenvalue weighted by atomic mass is 35.5. The van der Waals surface area contributed by atoms with Gasteiger partial charge in [-0.25, -0.2) is 4.79 Å². The molecule has 1 N–H and O–H groups in total. The van der Waals surface area contributed by atoms with Crippen LogP contribution in [-0.2, 0) is 16.1 Å². The minimum absolute atomic E-state index is 0.154. The monoisotopic (exact) mass is 430 g/mol. The van der Waals surface area contributed by atoms with Crippen molar-refractivity contribution in [3.05, 3.63) is 59.1 Å². The molecule has 3 aromatic rings. The van der Waals surface area contributed by atoms with Gasteiger partial charge in [-0.05, 0) is 49.4 Å². The highest BCUT2D eigenvalue weighted by molar-refractivity contribution is 7.99. The maximum Gasteiger partial charge on any atom is 0.337 e. The molecule has 0 radical (unpaired) electrons. The number of anilines is 1. The molecule has 3 rings (SSSR count). The number of amides is 1. The molecule has 0 spiro atoms. The van der Waals surface area contributed by atoms with Crippen molar-refractivity contribution in [2.45, 2.75) is 18.6 Å². The van der Waals surface area contributed by atoms with Crippen molar-refractivity contribution >= 4 is 40.9 Å². The number of ether oxygens (including phenoxy) is 1. The maximum atomic E-state index is 12.3. The second-order valence-corrected chi connectivity index (χ2v) is 7.35. The van der Waals surface area contributed by atoms with Crippen LogP contribution in [0.1, 0.15) is 17.3 Å². The van der Waals surface area contributed by atoms with Gasteiger partial charge in [-0.3, -0.25) is 4.79 Å². The molecule has 0 aliphatic rings. The Balaban J connectivity index is 1.66. The molecule has 0 bridgehead atoms. The first-order valence-corrected chi connectivity index (χ1v) is 10.2. The Morgan fingerprint density at radius 1 is 1.17 bits per heavy atom. The minimum Gasteiger partial charge on any atom is -0.465 e. The first-order chi connectivity index (χ1) is 14.0. The smallest absolute Gasteiger partial charge is 0.337 e. The summed E-state index contributed by atoms with van der Waals surface area (Å²) in [6.45, 7) is 2.65. The van der Waals surface area contributed by atoms with E-state index in [0.29, 0.717) is 28.0 Å². The van der Waals surface area contributed by atoms with Crippen molar-refractivity contribution in [3.8, 4) is 11.4 Å². The van der Waals surface area contributed by atoms with Crippen molar-refractivity contribution in [3.63, 3.8) is 0 Å². The quantitative estimate of drug-likeness (QED) is 0.448. The molecule has 1 heterocycles. The van der Waals surface area contributed by atoms with E-state index < -0.39 is 5.97 Å². The van der Waals surface area contributed by atoms with Crippen molar-refractivity contribution < 1.29 is 14.3 Å². The summed E-state index contributed by atoms with van der Waals surface area (Å²) in [6, 6.07) is 14.0. The van der Waals surface area contributed by atoms with Crippen LogP contribution in [0.4, 0.5) is 5.69 Å². The fourth-order valence-electron chi connectivity index (χ4n) is 2.66. The lowest BCUT2D eigenvalue weighted by molar-refractivity contribution is -0.113. The number of benzene rings is 2. The Hall–Kier alpha value is -2.84. The van der Waals surface area contributed by atoms with E-state index in [4.69, 9.17) is 16.3 Å². The van der Waals surface area contributed by atoms with Gasteiger partial charge in [-0.2, -0.15) is 0 Å². The third-order valence-corrected chi connectivity index (χ3v) is 5.25. The summed E-state index contributed by atoms with van der Waals surface area (Å²) < 4.78 is 6.63. The molecule has 29 heavy (non-hydrogen) atoms. The fourth-order valence-corrected chi connectivity index (χ4v) is 3.59.